The van der Waals surface area contributed by atoms with Crippen LogP contribution < -0.4 is 15.4 Å². The molecule has 1 aliphatic heterocycles. The first-order valence-electron chi connectivity index (χ1n) is 6.61. The fourth-order valence-corrected chi connectivity index (χ4v) is 2.27. The number of rotatable bonds is 6. The number of nitrogens with zero attached hydrogens (tertiary/aromatic N) is 1. The van der Waals surface area contributed by atoms with Crippen LogP contribution in [0.25, 0.3) is 0 Å². The Morgan fingerprint density at radius 3 is 2.95 bits per heavy atom. The Labute approximate surface area is 113 Å². The van der Waals surface area contributed by atoms with Gasteiger partial charge in [0.2, 0.25) is 0 Å². The Hall–Kier alpha value is -1.75. The average molecular weight is 263 g/mol. The highest BCUT2D eigenvalue weighted by molar-refractivity contribution is 5.76. The molecule has 19 heavy (non-hydrogen) atoms. The number of urea groups is 1. The van der Waals surface area contributed by atoms with Crippen molar-refractivity contribution in [2.24, 2.45) is 0 Å². The number of carbonyl (C=O) groups excluding carboxylic acids is 1. The van der Waals surface area contributed by atoms with E-state index in [4.69, 9.17) is 4.74 Å². The van der Waals surface area contributed by atoms with Gasteiger partial charge in [0.15, 0.2) is 0 Å². The van der Waals surface area contributed by atoms with E-state index in [0.717, 1.165) is 37.5 Å². The number of benzene rings is 1. The van der Waals surface area contributed by atoms with Crippen molar-refractivity contribution in [3.8, 4) is 5.75 Å². The van der Waals surface area contributed by atoms with Crippen LogP contribution in [-0.2, 0) is 0 Å². The summed E-state index contributed by atoms with van der Waals surface area (Å²) in [6.45, 7) is 5.14. The zero-order chi connectivity index (χ0) is 13.7. The third-order valence-electron chi connectivity index (χ3n) is 3.38. The van der Waals surface area contributed by atoms with Crippen molar-refractivity contribution >= 4 is 6.03 Å². The molecule has 0 bridgehead atoms. The molecule has 5 heteroatoms. The van der Waals surface area contributed by atoms with Crippen LogP contribution in [-0.4, -0.2) is 44.2 Å². The van der Waals surface area contributed by atoms with E-state index in [0.29, 0.717) is 0 Å². The Balaban J connectivity index is 1.83. The fraction of sp³-hybridized carbons (Fsp3) is 0.500. The molecule has 5 nitrogen and oxygen atoms in total. The lowest BCUT2D eigenvalue weighted by Crippen LogP contribution is -2.35. The second-order valence-electron chi connectivity index (χ2n) is 4.64. The van der Waals surface area contributed by atoms with Gasteiger partial charge in [0.25, 0.3) is 0 Å². The smallest absolute Gasteiger partial charge is 0.317 e. The lowest BCUT2D eigenvalue weighted by Gasteiger charge is -2.19. The maximum Gasteiger partial charge on any atom is 0.317 e. The molecule has 0 radical (unpaired) electrons. The van der Waals surface area contributed by atoms with Crippen molar-refractivity contribution in [3.05, 3.63) is 29.8 Å². The number of methoxy groups -OCH3 is 1. The lowest BCUT2D eigenvalue weighted by atomic mass is 10.1. The van der Waals surface area contributed by atoms with Crippen LogP contribution in [0.15, 0.2) is 24.3 Å². The van der Waals surface area contributed by atoms with Crippen LogP contribution in [0.3, 0.4) is 0 Å². The Kier molecular flexibility index (Phi) is 4.63. The molecule has 1 aromatic carbocycles. The summed E-state index contributed by atoms with van der Waals surface area (Å²) in [6, 6.07) is 8.21. The van der Waals surface area contributed by atoms with Gasteiger partial charge in [-0.05, 0) is 13.0 Å². The molecular formula is C14H21N3O2. The topological polar surface area (TPSA) is 53.6 Å². The SMILES string of the molecule is COc1ccccc1[C@@H](C)NCCN1CCNC1=O. The van der Waals surface area contributed by atoms with Crippen LogP contribution in [0.1, 0.15) is 18.5 Å². The van der Waals surface area contributed by atoms with Gasteiger partial charge in [0.05, 0.1) is 7.11 Å². The Bertz CT molecular complexity index is 436. The third kappa shape index (κ3) is 3.38. The minimum Gasteiger partial charge on any atom is -0.496 e. The molecule has 1 heterocycles. The van der Waals surface area contributed by atoms with Crippen molar-refractivity contribution in [3.63, 3.8) is 0 Å². The van der Waals surface area contributed by atoms with Crippen LogP contribution >= 0.6 is 0 Å². The summed E-state index contributed by atoms with van der Waals surface area (Å²) < 4.78 is 5.35. The summed E-state index contributed by atoms with van der Waals surface area (Å²) >= 11 is 0. The van der Waals surface area contributed by atoms with Crippen LogP contribution in [0.2, 0.25) is 0 Å². The predicted molar refractivity (Wildman–Crippen MR) is 74.4 cm³/mol. The summed E-state index contributed by atoms with van der Waals surface area (Å²) in [6.07, 6.45) is 0. The van der Waals surface area contributed by atoms with Gasteiger partial charge in [-0.25, -0.2) is 4.79 Å². The normalized spacial score (nSPS) is 16.3. The molecule has 1 aromatic rings. The molecule has 1 fully saturated rings. The van der Waals surface area contributed by atoms with Crippen molar-refractivity contribution < 1.29 is 9.53 Å². The number of nitrogens with one attached hydrogen (secondary N) is 2. The van der Waals surface area contributed by atoms with Gasteiger partial charge in [-0.1, -0.05) is 18.2 Å². The Morgan fingerprint density at radius 1 is 1.47 bits per heavy atom. The number of hydrogen-bond donors (Lipinski definition) is 2. The predicted octanol–water partition coefficient (Wildman–Crippen LogP) is 1.37. The summed E-state index contributed by atoms with van der Waals surface area (Å²) in [4.78, 5) is 13.2. The highest BCUT2D eigenvalue weighted by Gasteiger charge is 2.19. The molecule has 0 unspecified atom stereocenters. The van der Waals surface area contributed by atoms with E-state index in [1.165, 1.54) is 0 Å². The highest BCUT2D eigenvalue weighted by atomic mass is 16.5. The zero-order valence-electron chi connectivity index (χ0n) is 11.5. The van der Waals surface area contributed by atoms with Gasteiger partial charge < -0.3 is 20.3 Å². The molecule has 0 saturated carbocycles. The maximum absolute atomic E-state index is 11.4. The van der Waals surface area contributed by atoms with Gasteiger partial charge in [-0.15, -0.1) is 0 Å². The molecule has 1 atom stereocenters. The van der Waals surface area contributed by atoms with Crippen molar-refractivity contribution in [1.29, 1.82) is 0 Å². The van der Waals surface area contributed by atoms with Crippen LogP contribution in [0, 0.1) is 0 Å². The number of para-hydroxylation sites is 1. The van der Waals surface area contributed by atoms with Gasteiger partial charge in [0, 0.05) is 37.8 Å². The molecule has 0 spiro atoms. The largest absolute Gasteiger partial charge is 0.496 e. The summed E-state index contributed by atoms with van der Waals surface area (Å²) in [5.41, 5.74) is 1.14. The minimum absolute atomic E-state index is 0.0340. The second-order valence-corrected chi connectivity index (χ2v) is 4.64. The van der Waals surface area contributed by atoms with Gasteiger partial charge in [-0.3, -0.25) is 0 Å². The molecule has 0 aromatic heterocycles. The maximum atomic E-state index is 11.4. The summed E-state index contributed by atoms with van der Waals surface area (Å²) in [5, 5.41) is 6.22. The Morgan fingerprint density at radius 2 is 2.26 bits per heavy atom. The van der Waals surface area contributed by atoms with E-state index in [1.807, 2.05) is 23.1 Å². The molecular weight excluding hydrogens is 242 g/mol. The minimum atomic E-state index is 0.0340. The first-order chi connectivity index (χ1) is 9.22. The number of hydrogen-bond acceptors (Lipinski definition) is 3. The molecule has 104 valence electrons. The van der Waals surface area contributed by atoms with E-state index >= 15 is 0 Å². The first-order valence-corrected chi connectivity index (χ1v) is 6.61. The highest BCUT2D eigenvalue weighted by Crippen LogP contribution is 2.23. The first kappa shape index (κ1) is 13.7. The van der Waals surface area contributed by atoms with Gasteiger partial charge in [-0.2, -0.15) is 0 Å². The second kappa shape index (κ2) is 6.43. The van der Waals surface area contributed by atoms with E-state index in [-0.39, 0.29) is 12.1 Å². The third-order valence-corrected chi connectivity index (χ3v) is 3.38. The van der Waals surface area contributed by atoms with E-state index < -0.39 is 0 Å². The number of amides is 2. The van der Waals surface area contributed by atoms with Crippen molar-refractivity contribution in [1.82, 2.24) is 15.5 Å². The monoisotopic (exact) mass is 263 g/mol. The zero-order valence-corrected chi connectivity index (χ0v) is 11.5. The van der Waals surface area contributed by atoms with Crippen molar-refractivity contribution in [2.45, 2.75) is 13.0 Å². The number of carbonyl (C=O) groups is 1. The molecule has 1 aliphatic rings. The summed E-state index contributed by atoms with van der Waals surface area (Å²) in [7, 11) is 1.68. The average Bonchev–Trinajstić information content (AvgIpc) is 2.84. The van der Waals surface area contributed by atoms with E-state index in [9.17, 15) is 4.79 Å². The van der Waals surface area contributed by atoms with Gasteiger partial charge in [0.1, 0.15) is 5.75 Å². The van der Waals surface area contributed by atoms with Crippen LogP contribution in [0.4, 0.5) is 4.79 Å². The standard InChI is InChI=1S/C14H21N3O2/c1-11(12-5-3-4-6-13(12)19-2)15-7-9-17-10-8-16-14(17)18/h3-6,11,15H,7-10H2,1-2H3,(H,16,18)/t11-/m1/s1. The quantitative estimate of drug-likeness (QED) is 0.815. The van der Waals surface area contributed by atoms with Crippen molar-refractivity contribution in [2.75, 3.05) is 33.3 Å². The van der Waals surface area contributed by atoms with E-state index in [2.05, 4.69) is 23.6 Å². The van der Waals surface area contributed by atoms with Gasteiger partial charge >= 0.3 is 6.03 Å². The molecule has 2 amide bonds. The molecule has 2 rings (SSSR count). The molecule has 1 saturated heterocycles. The molecule has 0 aliphatic carbocycles. The number of ether oxygens (including phenoxy) is 1. The summed E-state index contributed by atoms with van der Waals surface area (Å²) in [5.74, 6) is 0.890. The lowest BCUT2D eigenvalue weighted by molar-refractivity contribution is 0.217. The van der Waals surface area contributed by atoms with E-state index in [1.54, 1.807) is 7.11 Å². The fourth-order valence-electron chi connectivity index (χ4n) is 2.27. The molecule has 2 N–H and O–H groups in total. The van der Waals surface area contributed by atoms with Crippen LogP contribution in [0.5, 0.6) is 5.75 Å².